The zero-order valence-electron chi connectivity index (χ0n) is 13.5. The van der Waals surface area contributed by atoms with E-state index < -0.39 is 23.7 Å². The Morgan fingerprint density at radius 1 is 1.36 bits per heavy atom. The molecule has 122 valence electrons. The number of anilines is 1. The number of aliphatic hydroxyl groups is 1. The highest BCUT2D eigenvalue weighted by molar-refractivity contribution is 5.77. The van der Waals surface area contributed by atoms with Gasteiger partial charge in [0.05, 0.1) is 0 Å². The van der Waals surface area contributed by atoms with Crippen LogP contribution in [-0.4, -0.2) is 40.8 Å². The van der Waals surface area contributed by atoms with E-state index in [0.717, 1.165) is 18.9 Å². The second-order valence-electron chi connectivity index (χ2n) is 6.65. The van der Waals surface area contributed by atoms with Crippen molar-refractivity contribution < 1.29 is 14.6 Å². The molecule has 1 aromatic heterocycles. The molecule has 22 heavy (non-hydrogen) atoms. The van der Waals surface area contributed by atoms with Gasteiger partial charge in [-0.2, -0.15) is 0 Å². The predicted octanol–water partition coefficient (Wildman–Crippen LogP) is 1.38. The quantitative estimate of drug-likeness (QED) is 0.817. The zero-order chi connectivity index (χ0) is 16.3. The molecule has 0 spiro atoms. The van der Waals surface area contributed by atoms with E-state index in [1.54, 1.807) is 33.0 Å². The first-order valence-corrected chi connectivity index (χ1v) is 7.65. The van der Waals surface area contributed by atoms with Crippen molar-refractivity contribution in [1.29, 1.82) is 0 Å². The predicted molar refractivity (Wildman–Crippen MR) is 84.5 cm³/mol. The van der Waals surface area contributed by atoms with Gasteiger partial charge in [-0.05, 0) is 39.7 Å². The highest BCUT2D eigenvalue weighted by Gasteiger charge is 2.29. The standard InChI is InChI=1S/C16H25N3O3/c1-16(2,3)22-15(21)13(17)14(20)11-6-7-12(18-10-11)19-8-4-5-9-19/h6-7,10,13-14,20H,4-5,8-9,17H2,1-3H3/t13-,14-/m1/s1. The third-order valence-corrected chi connectivity index (χ3v) is 3.56. The number of esters is 1. The van der Waals surface area contributed by atoms with Gasteiger partial charge in [0.1, 0.15) is 23.6 Å². The van der Waals surface area contributed by atoms with Crippen LogP contribution < -0.4 is 10.6 Å². The molecule has 0 aliphatic carbocycles. The SMILES string of the molecule is CC(C)(C)OC(=O)[C@H](N)[C@H](O)c1ccc(N2CCCC2)nc1. The lowest BCUT2D eigenvalue weighted by Crippen LogP contribution is -2.41. The van der Waals surface area contributed by atoms with Crippen LogP contribution in [0.4, 0.5) is 5.82 Å². The molecule has 1 aliphatic heterocycles. The van der Waals surface area contributed by atoms with Crippen LogP contribution in [0.2, 0.25) is 0 Å². The Bertz CT molecular complexity index is 504. The molecule has 1 aliphatic rings. The van der Waals surface area contributed by atoms with Gasteiger partial charge in [0.2, 0.25) is 0 Å². The Labute approximate surface area is 131 Å². The van der Waals surface area contributed by atoms with Crippen molar-refractivity contribution in [2.45, 2.75) is 51.4 Å². The molecular weight excluding hydrogens is 282 g/mol. The van der Waals surface area contributed by atoms with E-state index in [2.05, 4.69) is 9.88 Å². The summed E-state index contributed by atoms with van der Waals surface area (Å²) in [5, 5.41) is 10.2. The van der Waals surface area contributed by atoms with Crippen molar-refractivity contribution >= 4 is 11.8 Å². The summed E-state index contributed by atoms with van der Waals surface area (Å²) in [6.45, 7) is 7.29. The molecule has 0 radical (unpaired) electrons. The van der Waals surface area contributed by atoms with Gasteiger partial charge in [-0.1, -0.05) is 6.07 Å². The fourth-order valence-electron chi connectivity index (χ4n) is 2.41. The lowest BCUT2D eigenvalue weighted by Gasteiger charge is -2.24. The van der Waals surface area contributed by atoms with Crippen LogP contribution in [0, 0.1) is 0 Å². The number of hydrogen-bond donors (Lipinski definition) is 2. The summed E-state index contributed by atoms with van der Waals surface area (Å²) >= 11 is 0. The number of nitrogens with zero attached hydrogens (tertiary/aromatic N) is 2. The van der Waals surface area contributed by atoms with Gasteiger partial charge in [0, 0.05) is 24.8 Å². The molecule has 1 fully saturated rings. The fraction of sp³-hybridized carbons (Fsp3) is 0.625. The Hall–Kier alpha value is -1.66. The first-order valence-electron chi connectivity index (χ1n) is 7.65. The normalized spacial score (nSPS) is 18.1. The molecule has 6 heteroatoms. The lowest BCUT2D eigenvalue weighted by molar-refractivity contribution is -0.159. The van der Waals surface area contributed by atoms with E-state index in [0.29, 0.717) is 5.56 Å². The zero-order valence-corrected chi connectivity index (χ0v) is 13.5. The highest BCUT2D eigenvalue weighted by atomic mass is 16.6. The van der Waals surface area contributed by atoms with Crippen molar-refractivity contribution in [2.24, 2.45) is 5.73 Å². The molecule has 1 saturated heterocycles. The number of aromatic nitrogens is 1. The fourth-order valence-corrected chi connectivity index (χ4v) is 2.41. The number of hydrogen-bond acceptors (Lipinski definition) is 6. The van der Waals surface area contributed by atoms with Crippen LogP contribution in [0.3, 0.4) is 0 Å². The van der Waals surface area contributed by atoms with Crippen LogP contribution in [0.5, 0.6) is 0 Å². The minimum absolute atomic E-state index is 0.515. The smallest absolute Gasteiger partial charge is 0.326 e. The molecule has 0 aromatic carbocycles. The van der Waals surface area contributed by atoms with Crippen molar-refractivity contribution in [2.75, 3.05) is 18.0 Å². The molecule has 0 amide bonds. The Balaban J connectivity index is 2.02. The molecule has 2 atom stereocenters. The van der Waals surface area contributed by atoms with Gasteiger partial charge in [0.15, 0.2) is 0 Å². The molecule has 0 bridgehead atoms. The van der Waals surface area contributed by atoms with Crippen molar-refractivity contribution in [1.82, 2.24) is 4.98 Å². The number of nitrogens with two attached hydrogens (primary N) is 1. The van der Waals surface area contributed by atoms with E-state index in [-0.39, 0.29) is 0 Å². The summed E-state index contributed by atoms with van der Waals surface area (Å²) in [5.74, 6) is 0.267. The summed E-state index contributed by atoms with van der Waals surface area (Å²) in [4.78, 5) is 18.5. The van der Waals surface area contributed by atoms with E-state index in [4.69, 9.17) is 10.5 Å². The van der Waals surface area contributed by atoms with Gasteiger partial charge in [-0.15, -0.1) is 0 Å². The molecule has 1 aromatic rings. The maximum atomic E-state index is 11.9. The maximum absolute atomic E-state index is 11.9. The van der Waals surface area contributed by atoms with Gasteiger partial charge < -0.3 is 20.5 Å². The molecule has 6 nitrogen and oxygen atoms in total. The van der Waals surface area contributed by atoms with Crippen LogP contribution in [0.25, 0.3) is 0 Å². The minimum Gasteiger partial charge on any atom is -0.459 e. The Morgan fingerprint density at radius 3 is 2.50 bits per heavy atom. The van der Waals surface area contributed by atoms with Gasteiger partial charge in [0.25, 0.3) is 0 Å². The second kappa shape index (κ2) is 6.62. The Morgan fingerprint density at radius 2 is 2.00 bits per heavy atom. The molecule has 0 saturated carbocycles. The number of aliphatic hydroxyl groups excluding tert-OH is 1. The average molecular weight is 307 g/mol. The number of ether oxygens (including phenoxy) is 1. The monoisotopic (exact) mass is 307 g/mol. The van der Waals surface area contributed by atoms with Gasteiger partial charge >= 0.3 is 5.97 Å². The second-order valence-corrected chi connectivity index (χ2v) is 6.65. The third kappa shape index (κ3) is 4.18. The third-order valence-electron chi connectivity index (χ3n) is 3.56. The van der Waals surface area contributed by atoms with Crippen molar-refractivity contribution in [3.8, 4) is 0 Å². The molecular formula is C16H25N3O3. The first-order chi connectivity index (χ1) is 10.3. The summed E-state index contributed by atoms with van der Waals surface area (Å²) in [6, 6.07) is 2.49. The number of carbonyl (C=O) groups is 1. The molecule has 2 rings (SSSR count). The van der Waals surface area contributed by atoms with Gasteiger partial charge in [-0.25, -0.2) is 4.98 Å². The van der Waals surface area contributed by atoms with Crippen molar-refractivity contribution in [3.63, 3.8) is 0 Å². The number of carbonyl (C=O) groups excluding carboxylic acids is 1. The van der Waals surface area contributed by atoms with E-state index >= 15 is 0 Å². The summed E-state index contributed by atoms with van der Waals surface area (Å²) < 4.78 is 5.19. The Kier molecular flexibility index (Phi) is 5.03. The maximum Gasteiger partial charge on any atom is 0.326 e. The largest absolute Gasteiger partial charge is 0.459 e. The summed E-state index contributed by atoms with van der Waals surface area (Å²) in [5.41, 5.74) is 5.68. The first kappa shape index (κ1) is 16.7. The topological polar surface area (TPSA) is 88.7 Å². The summed E-state index contributed by atoms with van der Waals surface area (Å²) in [6.07, 6.45) is 2.79. The number of rotatable bonds is 4. The molecule has 3 N–H and O–H groups in total. The van der Waals surface area contributed by atoms with Crippen LogP contribution in [0.15, 0.2) is 18.3 Å². The molecule has 0 unspecified atom stereocenters. The lowest BCUT2D eigenvalue weighted by atomic mass is 10.0. The average Bonchev–Trinajstić information content (AvgIpc) is 2.98. The van der Waals surface area contributed by atoms with Crippen LogP contribution in [0.1, 0.15) is 45.3 Å². The van der Waals surface area contributed by atoms with E-state index in [1.807, 2.05) is 6.07 Å². The highest BCUT2D eigenvalue weighted by Crippen LogP contribution is 2.22. The van der Waals surface area contributed by atoms with Gasteiger partial charge in [-0.3, -0.25) is 4.79 Å². The van der Waals surface area contributed by atoms with Crippen LogP contribution >= 0.6 is 0 Å². The number of pyridine rings is 1. The summed E-state index contributed by atoms with van der Waals surface area (Å²) in [7, 11) is 0. The van der Waals surface area contributed by atoms with E-state index in [1.165, 1.54) is 12.8 Å². The van der Waals surface area contributed by atoms with E-state index in [9.17, 15) is 9.90 Å². The van der Waals surface area contributed by atoms with Crippen molar-refractivity contribution in [3.05, 3.63) is 23.9 Å². The molecule has 2 heterocycles. The minimum atomic E-state index is -1.13. The van der Waals surface area contributed by atoms with Crippen LogP contribution in [-0.2, 0) is 9.53 Å².